The smallest absolute Gasteiger partial charge is 0.259 e. The molecule has 1 aliphatic heterocycles. The molecule has 0 amide bonds. The van der Waals surface area contributed by atoms with Crippen LogP contribution in [-0.4, -0.2) is 15.8 Å². The van der Waals surface area contributed by atoms with Gasteiger partial charge in [-0.3, -0.25) is 9.36 Å². The number of hydrogen-bond donors (Lipinski definition) is 0. The molecule has 0 spiro atoms. The standard InChI is InChI=1S/C23H16ClFN4O2/c1-2-3-14-8-15(11-26)10-17(9-14)31-21-19(24)5-4-16(20(21)25)12-29-13-28-22-18(23(29)30)6-7-27-22/h2,4-5,7-10,13H,1,3,6,12H2. The van der Waals surface area contributed by atoms with E-state index < -0.39 is 5.82 Å². The van der Waals surface area contributed by atoms with E-state index in [2.05, 4.69) is 22.6 Å². The molecule has 0 radical (unpaired) electrons. The highest BCUT2D eigenvalue weighted by Gasteiger charge is 2.19. The number of aliphatic imine (C=N–C) groups is 1. The van der Waals surface area contributed by atoms with Crippen molar-refractivity contribution in [3.05, 3.63) is 92.8 Å². The third kappa shape index (κ3) is 4.11. The fourth-order valence-electron chi connectivity index (χ4n) is 3.31. The summed E-state index contributed by atoms with van der Waals surface area (Å²) >= 11 is 6.19. The Labute approximate surface area is 182 Å². The molecule has 0 saturated heterocycles. The molecule has 0 unspecified atom stereocenters. The molecule has 0 aliphatic carbocycles. The first-order valence-corrected chi connectivity index (χ1v) is 9.78. The van der Waals surface area contributed by atoms with Crippen molar-refractivity contribution >= 4 is 23.6 Å². The number of halogens is 2. The largest absolute Gasteiger partial charge is 0.453 e. The number of hydrogen-bond acceptors (Lipinski definition) is 5. The molecule has 0 fully saturated rings. The SMILES string of the molecule is C=CCc1cc(C#N)cc(Oc2c(Cl)ccc(Cn3cnc4c(c3=O)CC=N4)c2F)c1. The van der Waals surface area contributed by atoms with Crippen molar-refractivity contribution in [3.63, 3.8) is 0 Å². The fraction of sp³-hybridized carbons (Fsp3) is 0.130. The molecule has 0 saturated carbocycles. The molecule has 31 heavy (non-hydrogen) atoms. The summed E-state index contributed by atoms with van der Waals surface area (Å²) in [6, 6.07) is 9.96. The van der Waals surface area contributed by atoms with Gasteiger partial charge in [-0.25, -0.2) is 14.4 Å². The van der Waals surface area contributed by atoms with Crippen LogP contribution in [0, 0.1) is 17.1 Å². The summed E-state index contributed by atoms with van der Waals surface area (Å²) in [4.78, 5) is 20.8. The summed E-state index contributed by atoms with van der Waals surface area (Å²) in [5.74, 6) is -0.190. The maximum Gasteiger partial charge on any atom is 0.259 e. The van der Waals surface area contributed by atoms with E-state index in [1.807, 2.05) is 0 Å². The predicted octanol–water partition coefficient (Wildman–Crippen LogP) is 4.73. The van der Waals surface area contributed by atoms with Crippen molar-refractivity contribution < 1.29 is 9.13 Å². The number of rotatable bonds is 6. The van der Waals surface area contributed by atoms with E-state index in [-0.39, 0.29) is 34.2 Å². The lowest BCUT2D eigenvalue weighted by Gasteiger charge is -2.14. The molecular formula is C23H16ClFN4O2. The number of nitrogens with zero attached hydrogens (tertiary/aromatic N) is 4. The predicted molar refractivity (Wildman–Crippen MR) is 116 cm³/mol. The van der Waals surface area contributed by atoms with Crippen molar-refractivity contribution in [1.29, 1.82) is 5.26 Å². The van der Waals surface area contributed by atoms with Crippen LogP contribution in [0.1, 0.15) is 22.3 Å². The van der Waals surface area contributed by atoms with Crippen LogP contribution < -0.4 is 10.3 Å². The maximum absolute atomic E-state index is 15.3. The summed E-state index contributed by atoms with van der Waals surface area (Å²) < 4.78 is 22.3. The van der Waals surface area contributed by atoms with Crippen LogP contribution in [0.15, 0.2) is 59.1 Å². The third-order valence-electron chi connectivity index (χ3n) is 4.78. The molecular weight excluding hydrogens is 419 g/mol. The zero-order chi connectivity index (χ0) is 22.0. The number of aromatic nitrogens is 2. The number of ether oxygens (including phenoxy) is 1. The van der Waals surface area contributed by atoms with Crippen LogP contribution in [-0.2, 0) is 19.4 Å². The van der Waals surface area contributed by atoms with Gasteiger partial charge in [0.2, 0.25) is 0 Å². The van der Waals surface area contributed by atoms with Crippen LogP contribution in [0.2, 0.25) is 5.02 Å². The summed E-state index contributed by atoms with van der Waals surface area (Å²) in [5, 5.41) is 9.32. The van der Waals surface area contributed by atoms with Gasteiger partial charge in [0, 0.05) is 18.2 Å². The van der Waals surface area contributed by atoms with Gasteiger partial charge in [-0.2, -0.15) is 5.26 Å². The number of nitriles is 1. The first kappa shape index (κ1) is 20.5. The van der Waals surface area contributed by atoms with E-state index >= 15 is 4.39 Å². The van der Waals surface area contributed by atoms with Crippen molar-refractivity contribution in [3.8, 4) is 17.6 Å². The zero-order valence-corrected chi connectivity index (χ0v) is 17.1. The molecule has 1 aliphatic rings. The fourth-order valence-corrected chi connectivity index (χ4v) is 3.49. The second-order valence-corrected chi connectivity index (χ2v) is 7.32. The van der Waals surface area contributed by atoms with Gasteiger partial charge in [0.15, 0.2) is 17.4 Å². The highest BCUT2D eigenvalue weighted by Crippen LogP contribution is 2.35. The van der Waals surface area contributed by atoms with E-state index in [4.69, 9.17) is 16.3 Å². The molecule has 154 valence electrons. The quantitative estimate of drug-likeness (QED) is 0.525. The van der Waals surface area contributed by atoms with E-state index in [0.29, 0.717) is 29.8 Å². The normalized spacial score (nSPS) is 11.8. The lowest BCUT2D eigenvalue weighted by atomic mass is 10.1. The van der Waals surface area contributed by atoms with Gasteiger partial charge in [-0.15, -0.1) is 6.58 Å². The summed E-state index contributed by atoms with van der Waals surface area (Å²) in [6.07, 6.45) is 5.59. The zero-order valence-electron chi connectivity index (χ0n) is 16.3. The van der Waals surface area contributed by atoms with E-state index in [9.17, 15) is 10.1 Å². The van der Waals surface area contributed by atoms with Crippen molar-refractivity contribution in [2.75, 3.05) is 0 Å². The molecule has 1 aromatic heterocycles. The minimum absolute atomic E-state index is 0.0432. The number of benzene rings is 2. The second kappa shape index (κ2) is 8.54. The molecule has 4 rings (SSSR count). The van der Waals surface area contributed by atoms with Crippen molar-refractivity contribution in [2.45, 2.75) is 19.4 Å². The Hall–Kier alpha value is -3.76. The van der Waals surface area contributed by atoms with Crippen LogP contribution in [0.25, 0.3) is 0 Å². The lowest BCUT2D eigenvalue weighted by molar-refractivity contribution is 0.436. The molecule has 2 aromatic carbocycles. The molecule has 2 heterocycles. The topological polar surface area (TPSA) is 80.3 Å². The van der Waals surface area contributed by atoms with E-state index in [0.717, 1.165) is 5.56 Å². The molecule has 3 aromatic rings. The first-order valence-electron chi connectivity index (χ1n) is 9.40. The summed E-state index contributed by atoms with van der Waals surface area (Å²) in [6.45, 7) is 3.64. The Bertz CT molecular complexity index is 1320. The van der Waals surface area contributed by atoms with Gasteiger partial charge in [0.1, 0.15) is 12.1 Å². The highest BCUT2D eigenvalue weighted by atomic mass is 35.5. The number of fused-ring (bicyclic) bond motifs is 1. The average Bonchev–Trinajstić information content (AvgIpc) is 3.24. The minimum Gasteiger partial charge on any atom is -0.453 e. The van der Waals surface area contributed by atoms with E-state index in [1.165, 1.54) is 29.1 Å². The third-order valence-corrected chi connectivity index (χ3v) is 5.08. The second-order valence-electron chi connectivity index (χ2n) is 6.92. The van der Waals surface area contributed by atoms with Crippen LogP contribution in [0.5, 0.6) is 11.5 Å². The van der Waals surface area contributed by atoms with Crippen molar-refractivity contribution in [1.82, 2.24) is 9.55 Å². The molecule has 0 bridgehead atoms. The highest BCUT2D eigenvalue weighted by molar-refractivity contribution is 6.32. The summed E-state index contributed by atoms with van der Waals surface area (Å²) in [5.41, 5.74) is 1.60. The maximum atomic E-state index is 15.3. The van der Waals surface area contributed by atoms with Crippen LogP contribution in [0.4, 0.5) is 10.2 Å². The van der Waals surface area contributed by atoms with Crippen molar-refractivity contribution in [2.24, 2.45) is 4.99 Å². The molecule has 0 atom stereocenters. The first-order chi connectivity index (χ1) is 15.0. The van der Waals surface area contributed by atoms with Gasteiger partial charge >= 0.3 is 0 Å². The molecule has 6 nitrogen and oxygen atoms in total. The van der Waals surface area contributed by atoms with Gasteiger partial charge in [-0.1, -0.05) is 23.7 Å². The number of allylic oxidation sites excluding steroid dienone is 1. The monoisotopic (exact) mass is 434 g/mol. The van der Waals surface area contributed by atoms with Gasteiger partial charge in [0.25, 0.3) is 5.56 Å². The van der Waals surface area contributed by atoms with E-state index in [1.54, 1.807) is 24.4 Å². The lowest BCUT2D eigenvalue weighted by Crippen LogP contribution is -2.24. The Balaban J connectivity index is 1.68. The Morgan fingerprint density at radius 3 is 2.97 bits per heavy atom. The van der Waals surface area contributed by atoms with Crippen LogP contribution in [0.3, 0.4) is 0 Å². The average molecular weight is 435 g/mol. The summed E-state index contributed by atoms with van der Waals surface area (Å²) in [7, 11) is 0. The van der Waals surface area contributed by atoms with Gasteiger partial charge in [-0.05, 0) is 36.2 Å². The van der Waals surface area contributed by atoms with Gasteiger partial charge in [0.05, 0.1) is 28.8 Å². The minimum atomic E-state index is -0.691. The molecule has 0 N–H and O–H groups in total. The van der Waals surface area contributed by atoms with Gasteiger partial charge < -0.3 is 4.74 Å². The Morgan fingerprint density at radius 1 is 1.35 bits per heavy atom. The Morgan fingerprint density at radius 2 is 2.19 bits per heavy atom. The van der Waals surface area contributed by atoms with Crippen LogP contribution >= 0.6 is 11.6 Å². The Kier molecular flexibility index (Phi) is 5.65. The molecule has 8 heteroatoms.